The molecule has 0 radical (unpaired) electrons. The van der Waals surface area contributed by atoms with Gasteiger partial charge in [0.15, 0.2) is 0 Å². The Balaban J connectivity index is 1.73. The molecule has 0 aromatic heterocycles. The number of ketones is 1. The molecule has 0 saturated heterocycles. The molecular formula is C17H17ClF3NO2. The van der Waals surface area contributed by atoms with Gasteiger partial charge in [0.2, 0.25) is 5.91 Å². The van der Waals surface area contributed by atoms with Crippen LogP contribution in [0.4, 0.5) is 18.9 Å². The molecule has 24 heavy (non-hydrogen) atoms. The summed E-state index contributed by atoms with van der Waals surface area (Å²) in [6.45, 7) is 0. The number of hydrogen-bond acceptors (Lipinski definition) is 2. The van der Waals surface area contributed by atoms with Crippen molar-refractivity contribution >= 4 is 29.0 Å². The quantitative estimate of drug-likeness (QED) is 0.832. The SMILES string of the molecule is O=C(Nc1ccc(Cl)c(C(F)(F)F)c1)C1C[C@H]2CCC[C@@H](C1)C2=O. The Labute approximate surface area is 142 Å². The molecule has 1 aromatic carbocycles. The van der Waals surface area contributed by atoms with Crippen LogP contribution >= 0.6 is 11.6 Å². The van der Waals surface area contributed by atoms with Crippen molar-refractivity contribution < 1.29 is 22.8 Å². The first-order valence-electron chi connectivity index (χ1n) is 7.97. The summed E-state index contributed by atoms with van der Waals surface area (Å²) < 4.78 is 38.7. The molecule has 1 N–H and O–H groups in total. The van der Waals surface area contributed by atoms with Crippen LogP contribution in [0.15, 0.2) is 18.2 Å². The molecule has 2 fully saturated rings. The second kappa shape index (κ2) is 6.39. The largest absolute Gasteiger partial charge is 0.417 e. The fourth-order valence-corrected chi connectivity index (χ4v) is 3.98. The van der Waals surface area contributed by atoms with Gasteiger partial charge in [0.25, 0.3) is 0 Å². The third-order valence-electron chi connectivity index (χ3n) is 4.96. The van der Waals surface area contributed by atoms with Gasteiger partial charge in [0.1, 0.15) is 5.78 Å². The lowest BCUT2D eigenvalue weighted by molar-refractivity contribution is -0.138. The number of alkyl halides is 3. The third-order valence-corrected chi connectivity index (χ3v) is 5.29. The Kier molecular flexibility index (Phi) is 4.60. The second-order valence-electron chi connectivity index (χ2n) is 6.58. The molecule has 0 aliphatic heterocycles. The Morgan fingerprint density at radius 3 is 2.38 bits per heavy atom. The van der Waals surface area contributed by atoms with Crippen molar-refractivity contribution in [2.45, 2.75) is 38.3 Å². The smallest absolute Gasteiger partial charge is 0.326 e. The number of hydrogen-bond donors (Lipinski definition) is 1. The van der Waals surface area contributed by atoms with E-state index in [0.717, 1.165) is 31.4 Å². The van der Waals surface area contributed by atoms with Crippen LogP contribution in [0, 0.1) is 17.8 Å². The zero-order chi connectivity index (χ0) is 17.5. The van der Waals surface area contributed by atoms with Gasteiger partial charge in [-0.3, -0.25) is 9.59 Å². The van der Waals surface area contributed by atoms with Gasteiger partial charge in [-0.2, -0.15) is 13.2 Å². The summed E-state index contributed by atoms with van der Waals surface area (Å²) in [4.78, 5) is 24.5. The van der Waals surface area contributed by atoms with E-state index in [4.69, 9.17) is 11.6 Å². The molecule has 7 heteroatoms. The first kappa shape index (κ1) is 17.3. The van der Waals surface area contributed by atoms with Gasteiger partial charge in [-0.05, 0) is 43.9 Å². The first-order valence-corrected chi connectivity index (χ1v) is 8.35. The highest BCUT2D eigenvalue weighted by Crippen LogP contribution is 2.41. The average molecular weight is 360 g/mol. The zero-order valence-electron chi connectivity index (χ0n) is 12.8. The Morgan fingerprint density at radius 1 is 1.17 bits per heavy atom. The highest BCUT2D eigenvalue weighted by molar-refractivity contribution is 6.31. The van der Waals surface area contributed by atoms with Crippen LogP contribution in [0.25, 0.3) is 0 Å². The standard InChI is InChI=1S/C17H17ClF3NO2/c18-14-5-4-12(8-13(14)17(19,20)21)22-16(24)11-6-9-2-1-3-10(7-11)15(9)23/h4-5,8-11H,1-3,6-7H2,(H,22,24)/t9-,10+,11?. The van der Waals surface area contributed by atoms with Crippen LogP contribution in [0.3, 0.4) is 0 Å². The van der Waals surface area contributed by atoms with Crippen molar-refractivity contribution in [1.82, 2.24) is 0 Å². The van der Waals surface area contributed by atoms with Gasteiger partial charge in [0, 0.05) is 23.4 Å². The number of nitrogens with one attached hydrogen (secondary N) is 1. The molecule has 3 atom stereocenters. The number of carbonyl (C=O) groups is 2. The molecule has 0 heterocycles. The van der Waals surface area contributed by atoms with Gasteiger partial charge < -0.3 is 5.32 Å². The predicted molar refractivity (Wildman–Crippen MR) is 83.6 cm³/mol. The fraction of sp³-hybridized carbons (Fsp3) is 0.529. The van der Waals surface area contributed by atoms with Crippen LogP contribution in [-0.2, 0) is 15.8 Å². The summed E-state index contributed by atoms with van der Waals surface area (Å²) in [6.07, 6.45) is -0.994. The highest BCUT2D eigenvalue weighted by Gasteiger charge is 2.41. The van der Waals surface area contributed by atoms with E-state index in [1.54, 1.807) is 0 Å². The fourth-order valence-electron chi connectivity index (χ4n) is 3.76. The van der Waals surface area contributed by atoms with E-state index in [-0.39, 0.29) is 35.1 Å². The number of anilines is 1. The maximum Gasteiger partial charge on any atom is 0.417 e. The number of fused-ring (bicyclic) bond motifs is 2. The molecule has 2 aliphatic rings. The Bertz CT molecular complexity index is 658. The molecule has 0 spiro atoms. The summed E-state index contributed by atoms with van der Waals surface area (Å²) >= 11 is 5.58. The van der Waals surface area contributed by atoms with E-state index in [0.29, 0.717) is 12.8 Å². The number of carbonyl (C=O) groups excluding carboxylic acids is 2. The molecule has 2 bridgehead atoms. The van der Waals surface area contributed by atoms with E-state index in [1.165, 1.54) is 6.07 Å². The van der Waals surface area contributed by atoms with E-state index < -0.39 is 16.8 Å². The summed E-state index contributed by atoms with van der Waals surface area (Å²) in [7, 11) is 0. The molecule has 1 aromatic rings. The highest BCUT2D eigenvalue weighted by atomic mass is 35.5. The summed E-state index contributed by atoms with van der Waals surface area (Å²) in [5.74, 6) is -0.567. The Hall–Kier alpha value is -1.56. The van der Waals surface area contributed by atoms with Crippen LogP contribution in [-0.4, -0.2) is 11.7 Å². The lowest BCUT2D eigenvalue weighted by Crippen LogP contribution is -2.40. The average Bonchev–Trinajstić information content (AvgIpc) is 2.47. The number of amides is 1. The van der Waals surface area contributed by atoms with Crippen LogP contribution < -0.4 is 5.32 Å². The van der Waals surface area contributed by atoms with Gasteiger partial charge in [-0.1, -0.05) is 18.0 Å². The lowest BCUT2D eigenvalue weighted by atomic mass is 9.67. The van der Waals surface area contributed by atoms with Gasteiger partial charge in [0.05, 0.1) is 10.6 Å². The second-order valence-corrected chi connectivity index (χ2v) is 6.98. The van der Waals surface area contributed by atoms with E-state index in [9.17, 15) is 22.8 Å². The van der Waals surface area contributed by atoms with Crippen molar-refractivity contribution in [3.63, 3.8) is 0 Å². The van der Waals surface area contributed by atoms with Crippen molar-refractivity contribution in [1.29, 1.82) is 0 Å². The van der Waals surface area contributed by atoms with E-state index in [2.05, 4.69) is 5.32 Å². The topological polar surface area (TPSA) is 46.2 Å². The number of Topliss-reactive ketones (excluding diaryl/α,β-unsaturated/α-hetero) is 1. The predicted octanol–water partition coefficient (Wildman–Crippen LogP) is 4.69. The van der Waals surface area contributed by atoms with Gasteiger partial charge in [-0.15, -0.1) is 0 Å². The zero-order valence-corrected chi connectivity index (χ0v) is 13.6. The van der Waals surface area contributed by atoms with E-state index >= 15 is 0 Å². The van der Waals surface area contributed by atoms with E-state index in [1.807, 2.05) is 0 Å². The maximum absolute atomic E-state index is 12.9. The van der Waals surface area contributed by atoms with Gasteiger partial charge in [-0.25, -0.2) is 0 Å². The van der Waals surface area contributed by atoms with Crippen LogP contribution in [0.5, 0.6) is 0 Å². The van der Waals surface area contributed by atoms with Crippen molar-refractivity contribution in [3.05, 3.63) is 28.8 Å². The molecular weight excluding hydrogens is 343 g/mol. The molecule has 1 unspecified atom stereocenters. The number of halogens is 4. The van der Waals surface area contributed by atoms with Crippen LogP contribution in [0.1, 0.15) is 37.7 Å². The van der Waals surface area contributed by atoms with Crippen molar-refractivity contribution in [2.24, 2.45) is 17.8 Å². The minimum absolute atomic E-state index is 0.0683. The number of benzene rings is 1. The number of rotatable bonds is 2. The molecule has 2 aliphatic carbocycles. The minimum Gasteiger partial charge on any atom is -0.326 e. The van der Waals surface area contributed by atoms with Gasteiger partial charge >= 0.3 is 6.18 Å². The summed E-state index contributed by atoms with van der Waals surface area (Å²) in [6, 6.07) is 3.32. The molecule has 3 nitrogen and oxygen atoms in total. The van der Waals surface area contributed by atoms with Crippen molar-refractivity contribution in [3.8, 4) is 0 Å². The molecule has 130 valence electrons. The minimum atomic E-state index is -4.58. The molecule has 1 amide bonds. The summed E-state index contributed by atoms with van der Waals surface area (Å²) in [5, 5.41) is 2.14. The van der Waals surface area contributed by atoms with Crippen molar-refractivity contribution in [2.75, 3.05) is 5.32 Å². The first-order chi connectivity index (χ1) is 11.3. The maximum atomic E-state index is 12.9. The normalized spacial score (nSPS) is 27.0. The lowest BCUT2D eigenvalue weighted by Gasteiger charge is -2.36. The third kappa shape index (κ3) is 3.43. The molecule has 2 saturated carbocycles. The van der Waals surface area contributed by atoms with Crippen LogP contribution in [0.2, 0.25) is 5.02 Å². The monoisotopic (exact) mass is 359 g/mol. The Morgan fingerprint density at radius 2 is 1.79 bits per heavy atom. The molecule has 3 rings (SSSR count). The summed E-state index contributed by atoms with van der Waals surface area (Å²) in [5.41, 5.74) is -0.906.